The summed E-state index contributed by atoms with van der Waals surface area (Å²) in [6.45, 7) is 2.51. The third kappa shape index (κ3) is 3.76. The van der Waals surface area contributed by atoms with E-state index in [-0.39, 0.29) is 11.9 Å². The molecule has 0 spiro atoms. The third-order valence-electron chi connectivity index (χ3n) is 2.58. The summed E-state index contributed by atoms with van der Waals surface area (Å²) in [5.41, 5.74) is 13.3. The summed E-state index contributed by atoms with van der Waals surface area (Å²) in [5, 5.41) is 0. The molecule has 0 radical (unpaired) electrons. The van der Waals surface area contributed by atoms with Gasteiger partial charge in [-0.05, 0) is 29.7 Å². The first-order chi connectivity index (χ1) is 8.58. The smallest absolute Gasteiger partial charge is 0.337 e. The topological polar surface area (TPSA) is 90.7 Å². The van der Waals surface area contributed by atoms with Crippen LogP contribution in [0.4, 0.5) is 0 Å². The number of aliphatic imine (C=N–C) groups is 1. The van der Waals surface area contributed by atoms with E-state index < -0.39 is 0 Å². The second-order valence-corrected chi connectivity index (χ2v) is 3.97. The summed E-state index contributed by atoms with van der Waals surface area (Å²) in [4.78, 5) is 15.4. The van der Waals surface area contributed by atoms with Crippen LogP contribution in [-0.4, -0.2) is 19.0 Å². The van der Waals surface area contributed by atoms with Gasteiger partial charge in [-0.2, -0.15) is 0 Å². The highest BCUT2D eigenvalue weighted by molar-refractivity contribution is 5.89. The van der Waals surface area contributed by atoms with Crippen molar-refractivity contribution in [1.29, 1.82) is 0 Å². The van der Waals surface area contributed by atoms with E-state index in [4.69, 9.17) is 16.2 Å². The molecule has 98 valence electrons. The summed E-state index contributed by atoms with van der Waals surface area (Å²) in [6.07, 6.45) is 1.86. The number of hydrogen-bond acceptors (Lipinski definition) is 3. The maximum atomic E-state index is 11.5. The molecule has 4 N–H and O–H groups in total. The number of nitrogens with zero attached hydrogens (tertiary/aromatic N) is 1. The van der Waals surface area contributed by atoms with Gasteiger partial charge in [-0.1, -0.05) is 19.4 Å². The van der Waals surface area contributed by atoms with Gasteiger partial charge in [-0.15, -0.1) is 0 Å². The first-order valence-corrected chi connectivity index (χ1v) is 5.84. The number of guanidine groups is 1. The van der Waals surface area contributed by atoms with Gasteiger partial charge in [0.1, 0.15) is 0 Å². The molecule has 0 saturated carbocycles. The second-order valence-electron chi connectivity index (χ2n) is 3.97. The average molecular weight is 249 g/mol. The van der Waals surface area contributed by atoms with E-state index in [0.717, 1.165) is 24.0 Å². The zero-order valence-electron chi connectivity index (χ0n) is 10.8. The molecule has 0 aromatic heterocycles. The van der Waals surface area contributed by atoms with E-state index in [1.54, 1.807) is 6.07 Å². The van der Waals surface area contributed by atoms with Crippen molar-refractivity contribution in [2.45, 2.75) is 26.3 Å². The maximum absolute atomic E-state index is 11.5. The molecule has 0 aliphatic heterocycles. The summed E-state index contributed by atoms with van der Waals surface area (Å²) in [7, 11) is 1.37. The molecule has 0 atom stereocenters. The Balaban J connectivity index is 3.03. The Hall–Kier alpha value is -2.04. The molecule has 0 aliphatic rings. The Labute approximate surface area is 107 Å². The zero-order chi connectivity index (χ0) is 13.5. The largest absolute Gasteiger partial charge is 0.465 e. The molecule has 0 aliphatic carbocycles. The van der Waals surface area contributed by atoms with Crippen LogP contribution < -0.4 is 11.5 Å². The summed E-state index contributed by atoms with van der Waals surface area (Å²) in [6, 6.07) is 5.43. The van der Waals surface area contributed by atoms with Crippen LogP contribution in [0.5, 0.6) is 0 Å². The average Bonchev–Trinajstić information content (AvgIpc) is 2.36. The molecule has 0 saturated heterocycles. The van der Waals surface area contributed by atoms with E-state index in [1.807, 2.05) is 12.1 Å². The minimum Gasteiger partial charge on any atom is -0.465 e. The number of methoxy groups -OCH3 is 1. The molecule has 1 aromatic rings. The van der Waals surface area contributed by atoms with Crippen LogP contribution in [0.3, 0.4) is 0 Å². The lowest BCUT2D eigenvalue weighted by atomic mass is 10.00. The zero-order valence-corrected chi connectivity index (χ0v) is 10.8. The van der Waals surface area contributed by atoms with E-state index in [9.17, 15) is 4.79 Å². The van der Waals surface area contributed by atoms with Crippen molar-refractivity contribution in [1.82, 2.24) is 0 Å². The van der Waals surface area contributed by atoms with Gasteiger partial charge < -0.3 is 16.2 Å². The van der Waals surface area contributed by atoms with Crippen molar-refractivity contribution >= 4 is 11.9 Å². The van der Waals surface area contributed by atoms with E-state index in [2.05, 4.69) is 11.9 Å². The lowest BCUT2D eigenvalue weighted by Crippen LogP contribution is -2.22. The minimum absolute atomic E-state index is 0.0643. The lowest BCUT2D eigenvalue weighted by molar-refractivity contribution is 0.0600. The Kier molecular flexibility index (Phi) is 5.17. The third-order valence-corrected chi connectivity index (χ3v) is 2.58. The van der Waals surface area contributed by atoms with E-state index in [1.165, 1.54) is 7.11 Å². The fourth-order valence-corrected chi connectivity index (χ4v) is 1.70. The van der Waals surface area contributed by atoms with Crippen molar-refractivity contribution in [2.75, 3.05) is 7.11 Å². The Morgan fingerprint density at radius 1 is 1.33 bits per heavy atom. The SMILES string of the molecule is CCCc1cc(C(=O)OC)ccc1CN=C(N)N. The molecule has 0 bridgehead atoms. The molecule has 1 aromatic carbocycles. The fraction of sp³-hybridized carbons (Fsp3) is 0.385. The van der Waals surface area contributed by atoms with Gasteiger partial charge in [0, 0.05) is 0 Å². The first-order valence-electron chi connectivity index (χ1n) is 5.84. The van der Waals surface area contributed by atoms with Gasteiger partial charge in [-0.3, -0.25) is 0 Å². The van der Waals surface area contributed by atoms with Gasteiger partial charge >= 0.3 is 5.97 Å². The van der Waals surface area contributed by atoms with E-state index >= 15 is 0 Å². The normalized spacial score (nSPS) is 9.89. The number of carbonyl (C=O) groups excluding carboxylic acids is 1. The number of aryl methyl sites for hydroxylation is 1. The standard InChI is InChI=1S/C13H19N3O2/c1-3-4-9-7-10(12(17)18-2)5-6-11(9)8-16-13(14)15/h5-7H,3-4,8H2,1-2H3,(H4,14,15,16). The number of nitrogens with two attached hydrogens (primary N) is 2. The van der Waals surface area contributed by atoms with Crippen LogP contribution in [0, 0.1) is 0 Å². The predicted octanol–water partition coefficient (Wildman–Crippen LogP) is 1.20. The highest BCUT2D eigenvalue weighted by Gasteiger charge is 2.09. The summed E-state index contributed by atoms with van der Waals surface area (Å²) < 4.78 is 4.70. The lowest BCUT2D eigenvalue weighted by Gasteiger charge is -2.09. The summed E-state index contributed by atoms with van der Waals surface area (Å²) in [5.74, 6) is -0.268. The summed E-state index contributed by atoms with van der Waals surface area (Å²) >= 11 is 0. The fourth-order valence-electron chi connectivity index (χ4n) is 1.70. The van der Waals surface area contributed by atoms with Crippen LogP contribution in [-0.2, 0) is 17.7 Å². The molecular formula is C13H19N3O2. The number of benzene rings is 1. The second kappa shape index (κ2) is 6.64. The van der Waals surface area contributed by atoms with Crippen LogP contribution in [0.2, 0.25) is 0 Å². The Morgan fingerprint density at radius 2 is 2.06 bits per heavy atom. The van der Waals surface area contributed by atoms with Crippen LogP contribution >= 0.6 is 0 Å². The van der Waals surface area contributed by atoms with Crippen LogP contribution in [0.25, 0.3) is 0 Å². The van der Waals surface area contributed by atoms with Gasteiger partial charge in [0.25, 0.3) is 0 Å². The molecular weight excluding hydrogens is 230 g/mol. The van der Waals surface area contributed by atoms with Gasteiger partial charge in [-0.25, -0.2) is 9.79 Å². The van der Waals surface area contributed by atoms with Crippen molar-refractivity contribution in [2.24, 2.45) is 16.5 Å². The molecule has 1 rings (SSSR count). The van der Waals surface area contributed by atoms with Crippen LogP contribution in [0.1, 0.15) is 34.8 Å². The van der Waals surface area contributed by atoms with Gasteiger partial charge in [0.05, 0.1) is 19.2 Å². The highest BCUT2D eigenvalue weighted by Crippen LogP contribution is 2.16. The molecule has 0 heterocycles. The van der Waals surface area contributed by atoms with E-state index in [0.29, 0.717) is 12.1 Å². The van der Waals surface area contributed by atoms with Crippen molar-refractivity contribution in [3.05, 3.63) is 34.9 Å². The van der Waals surface area contributed by atoms with Crippen molar-refractivity contribution in [3.8, 4) is 0 Å². The van der Waals surface area contributed by atoms with Gasteiger partial charge in [0.2, 0.25) is 0 Å². The first kappa shape index (κ1) is 14.0. The van der Waals surface area contributed by atoms with Crippen molar-refractivity contribution in [3.63, 3.8) is 0 Å². The quantitative estimate of drug-likeness (QED) is 0.466. The predicted molar refractivity (Wildman–Crippen MR) is 71.3 cm³/mol. The molecule has 0 amide bonds. The van der Waals surface area contributed by atoms with Crippen LogP contribution in [0.15, 0.2) is 23.2 Å². The molecule has 18 heavy (non-hydrogen) atoms. The number of ether oxygens (including phenoxy) is 1. The molecule has 5 heteroatoms. The molecule has 5 nitrogen and oxygen atoms in total. The Bertz CT molecular complexity index is 452. The number of carbonyl (C=O) groups is 1. The molecule has 0 fully saturated rings. The number of rotatable bonds is 5. The van der Waals surface area contributed by atoms with Crippen molar-refractivity contribution < 1.29 is 9.53 Å². The van der Waals surface area contributed by atoms with Gasteiger partial charge in [0.15, 0.2) is 5.96 Å². The number of hydrogen-bond donors (Lipinski definition) is 2. The maximum Gasteiger partial charge on any atom is 0.337 e. The monoisotopic (exact) mass is 249 g/mol. The Morgan fingerprint density at radius 3 is 2.61 bits per heavy atom. The minimum atomic E-state index is -0.333. The highest BCUT2D eigenvalue weighted by atomic mass is 16.5. The number of esters is 1. The molecule has 0 unspecified atom stereocenters.